The minimum Gasteiger partial charge on any atom is -0.389 e. The first-order valence-electron chi connectivity index (χ1n) is 6.05. The fourth-order valence-corrected chi connectivity index (χ4v) is 2.06. The number of nitrogens with one attached hydrogen (secondary N) is 1. The second kappa shape index (κ2) is 6.20. The van der Waals surface area contributed by atoms with E-state index in [9.17, 15) is 9.18 Å². The van der Waals surface area contributed by atoms with Crippen molar-refractivity contribution >= 4 is 40.4 Å². The number of benzene rings is 2. The molecule has 3 nitrogen and oxygen atoms in total. The maximum atomic E-state index is 13.7. The standard InChI is InChI=1S/C15H12ClFN2OS/c1-8-2-3-9(14(18)21)6-13(8)19-15(20)11-5-4-10(16)7-12(11)17/h2-7H,1H3,(H2,18,21)(H,19,20). The van der Waals surface area contributed by atoms with E-state index in [0.717, 1.165) is 11.6 Å². The van der Waals surface area contributed by atoms with Gasteiger partial charge in [-0.25, -0.2) is 4.39 Å². The average molecular weight is 323 g/mol. The summed E-state index contributed by atoms with van der Waals surface area (Å²) in [5, 5.41) is 2.88. The number of hydrogen-bond acceptors (Lipinski definition) is 2. The van der Waals surface area contributed by atoms with Crippen LogP contribution in [-0.2, 0) is 0 Å². The zero-order valence-corrected chi connectivity index (χ0v) is 12.7. The van der Waals surface area contributed by atoms with Crippen LogP contribution in [0, 0.1) is 12.7 Å². The van der Waals surface area contributed by atoms with Crippen molar-refractivity contribution < 1.29 is 9.18 Å². The molecule has 0 radical (unpaired) electrons. The van der Waals surface area contributed by atoms with Crippen LogP contribution in [0.2, 0.25) is 5.02 Å². The van der Waals surface area contributed by atoms with Gasteiger partial charge in [0.05, 0.1) is 5.56 Å². The molecule has 0 saturated heterocycles. The molecule has 2 aromatic rings. The molecule has 0 aliphatic heterocycles. The number of hydrogen-bond donors (Lipinski definition) is 2. The molecule has 6 heteroatoms. The molecule has 108 valence electrons. The first-order valence-corrected chi connectivity index (χ1v) is 6.84. The third kappa shape index (κ3) is 3.56. The molecule has 0 aliphatic carbocycles. The summed E-state index contributed by atoms with van der Waals surface area (Å²) in [5.41, 5.74) is 7.45. The van der Waals surface area contributed by atoms with Crippen LogP contribution >= 0.6 is 23.8 Å². The number of nitrogens with two attached hydrogens (primary N) is 1. The number of anilines is 1. The summed E-state index contributed by atoms with van der Waals surface area (Å²) in [5.74, 6) is -1.24. The lowest BCUT2D eigenvalue weighted by molar-refractivity contribution is 0.102. The number of halogens is 2. The van der Waals surface area contributed by atoms with Gasteiger partial charge in [0.15, 0.2) is 0 Å². The molecule has 0 unspecified atom stereocenters. The monoisotopic (exact) mass is 322 g/mol. The largest absolute Gasteiger partial charge is 0.389 e. The first-order chi connectivity index (χ1) is 9.88. The summed E-state index contributed by atoms with van der Waals surface area (Å²) >= 11 is 10.6. The Morgan fingerprint density at radius 2 is 2.00 bits per heavy atom. The average Bonchev–Trinajstić information content (AvgIpc) is 2.40. The van der Waals surface area contributed by atoms with Crippen LogP contribution in [0.4, 0.5) is 10.1 Å². The Morgan fingerprint density at radius 1 is 1.29 bits per heavy atom. The van der Waals surface area contributed by atoms with Crippen LogP contribution in [0.5, 0.6) is 0 Å². The van der Waals surface area contributed by atoms with Gasteiger partial charge in [-0.2, -0.15) is 0 Å². The molecule has 21 heavy (non-hydrogen) atoms. The summed E-state index contributed by atoms with van der Waals surface area (Å²) in [4.78, 5) is 12.3. The van der Waals surface area contributed by atoms with Gasteiger partial charge >= 0.3 is 0 Å². The van der Waals surface area contributed by atoms with Gasteiger partial charge < -0.3 is 11.1 Å². The topological polar surface area (TPSA) is 55.1 Å². The molecule has 0 saturated carbocycles. The van der Waals surface area contributed by atoms with Crippen LogP contribution in [0.25, 0.3) is 0 Å². The van der Waals surface area contributed by atoms with Crippen molar-refractivity contribution in [1.29, 1.82) is 0 Å². The Labute approximate surface area is 131 Å². The van der Waals surface area contributed by atoms with E-state index < -0.39 is 11.7 Å². The van der Waals surface area contributed by atoms with Gasteiger partial charge in [-0.3, -0.25) is 4.79 Å². The molecule has 0 atom stereocenters. The van der Waals surface area contributed by atoms with Crippen molar-refractivity contribution in [3.63, 3.8) is 0 Å². The lowest BCUT2D eigenvalue weighted by Crippen LogP contribution is -2.16. The summed E-state index contributed by atoms with van der Waals surface area (Å²) < 4.78 is 13.7. The Kier molecular flexibility index (Phi) is 4.55. The fourth-order valence-electron chi connectivity index (χ4n) is 1.77. The van der Waals surface area contributed by atoms with E-state index in [1.54, 1.807) is 18.2 Å². The van der Waals surface area contributed by atoms with E-state index in [1.807, 2.05) is 6.92 Å². The van der Waals surface area contributed by atoms with Crippen molar-refractivity contribution in [3.05, 3.63) is 63.9 Å². The highest BCUT2D eigenvalue weighted by Crippen LogP contribution is 2.20. The lowest BCUT2D eigenvalue weighted by Gasteiger charge is -2.11. The van der Waals surface area contributed by atoms with Gasteiger partial charge in [-0.05, 0) is 36.8 Å². The molecular formula is C15H12ClFN2OS. The maximum Gasteiger partial charge on any atom is 0.258 e. The molecule has 2 rings (SSSR count). The number of carbonyl (C=O) groups is 1. The molecule has 0 aliphatic rings. The molecule has 0 bridgehead atoms. The fraction of sp³-hybridized carbons (Fsp3) is 0.0667. The van der Waals surface area contributed by atoms with Crippen LogP contribution in [0.15, 0.2) is 36.4 Å². The lowest BCUT2D eigenvalue weighted by atomic mass is 10.1. The van der Waals surface area contributed by atoms with Crippen LogP contribution < -0.4 is 11.1 Å². The first kappa shape index (κ1) is 15.4. The highest BCUT2D eigenvalue weighted by molar-refractivity contribution is 7.80. The molecule has 0 spiro atoms. The highest BCUT2D eigenvalue weighted by Gasteiger charge is 2.13. The van der Waals surface area contributed by atoms with Gasteiger partial charge in [-0.1, -0.05) is 36.0 Å². The Bertz CT molecular complexity index is 734. The number of carbonyl (C=O) groups excluding carboxylic acids is 1. The summed E-state index contributed by atoms with van der Waals surface area (Å²) in [7, 11) is 0. The molecule has 3 N–H and O–H groups in total. The molecule has 0 aromatic heterocycles. The van der Waals surface area contributed by atoms with Gasteiger partial charge in [0.1, 0.15) is 10.8 Å². The van der Waals surface area contributed by atoms with E-state index in [-0.39, 0.29) is 15.6 Å². The van der Waals surface area contributed by atoms with E-state index in [4.69, 9.17) is 29.6 Å². The number of rotatable bonds is 3. The molecule has 1 amide bonds. The Hall–Kier alpha value is -1.98. The van der Waals surface area contributed by atoms with Crippen LogP contribution in [-0.4, -0.2) is 10.9 Å². The molecule has 0 heterocycles. The molecular weight excluding hydrogens is 311 g/mol. The van der Waals surface area contributed by atoms with Gasteiger partial charge in [-0.15, -0.1) is 0 Å². The SMILES string of the molecule is Cc1ccc(C(N)=S)cc1NC(=O)c1ccc(Cl)cc1F. The maximum absolute atomic E-state index is 13.7. The third-order valence-electron chi connectivity index (χ3n) is 2.95. The number of thiocarbonyl (C=S) groups is 1. The van der Waals surface area contributed by atoms with E-state index in [2.05, 4.69) is 5.32 Å². The predicted octanol–water partition coefficient (Wildman–Crippen LogP) is 3.67. The van der Waals surface area contributed by atoms with Gasteiger partial charge in [0.25, 0.3) is 5.91 Å². The Balaban J connectivity index is 2.31. The zero-order chi connectivity index (χ0) is 15.6. The van der Waals surface area contributed by atoms with Gasteiger partial charge in [0, 0.05) is 16.3 Å². The molecule has 2 aromatic carbocycles. The summed E-state index contributed by atoms with van der Waals surface area (Å²) in [6, 6.07) is 9.08. The minimum absolute atomic E-state index is 0.0838. The third-order valence-corrected chi connectivity index (χ3v) is 3.42. The summed E-state index contributed by atoms with van der Waals surface area (Å²) in [6.45, 7) is 1.82. The van der Waals surface area contributed by atoms with Crippen molar-refractivity contribution in [1.82, 2.24) is 0 Å². The van der Waals surface area contributed by atoms with E-state index in [1.165, 1.54) is 12.1 Å². The van der Waals surface area contributed by atoms with Crippen molar-refractivity contribution in [3.8, 4) is 0 Å². The number of aryl methyl sites for hydroxylation is 1. The predicted molar refractivity (Wildman–Crippen MR) is 86.4 cm³/mol. The second-order valence-electron chi connectivity index (χ2n) is 4.47. The van der Waals surface area contributed by atoms with Crippen molar-refractivity contribution in [2.45, 2.75) is 6.92 Å². The van der Waals surface area contributed by atoms with Crippen LogP contribution in [0.3, 0.4) is 0 Å². The normalized spacial score (nSPS) is 10.2. The van der Waals surface area contributed by atoms with Gasteiger partial charge in [0.2, 0.25) is 0 Å². The van der Waals surface area contributed by atoms with Crippen molar-refractivity contribution in [2.75, 3.05) is 5.32 Å². The Morgan fingerprint density at radius 3 is 2.62 bits per heavy atom. The minimum atomic E-state index is -0.678. The summed E-state index contributed by atoms with van der Waals surface area (Å²) in [6.07, 6.45) is 0. The zero-order valence-electron chi connectivity index (χ0n) is 11.1. The van der Waals surface area contributed by atoms with Crippen LogP contribution in [0.1, 0.15) is 21.5 Å². The highest BCUT2D eigenvalue weighted by atomic mass is 35.5. The van der Waals surface area contributed by atoms with E-state index >= 15 is 0 Å². The number of amides is 1. The smallest absolute Gasteiger partial charge is 0.258 e. The quantitative estimate of drug-likeness (QED) is 0.848. The van der Waals surface area contributed by atoms with E-state index in [0.29, 0.717) is 11.3 Å². The van der Waals surface area contributed by atoms with Crippen molar-refractivity contribution in [2.24, 2.45) is 5.73 Å². The molecule has 0 fully saturated rings. The second-order valence-corrected chi connectivity index (χ2v) is 5.35.